The van der Waals surface area contributed by atoms with E-state index in [1.165, 1.54) is 20.8 Å². The van der Waals surface area contributed by atoms with Gasteiger partial charge < -0.3 is 19.9 Å². The third-order valence-corrected chi connectivity index (χ3v) is 4.99. The minimum atomic E-state index is -5.02. The van der Waals surface area contributed by atoms with Crippen molar-refractivity contribution < 1.29 is 37.3 Å². The summed E-state index contributed by atoms with van der Waals surface area (Å²) in [6.07, 6.45) is -9.04. The van der Waals surface area contributed by atoms with E-state index in [0.717, 1.165) is 22.3 Å². The SMILES string of the molecule is CC(C)(C)O[C@@H]([C@H](NC(=O)OCC1c2ccccc2-c2ccccc21)C(=O)O)C(F)(F)F. The lowest BCUT2D eigenvalue weighted by molar-refractivity contribution is -0.253. The molecule has 2 aromatic carbocycles. The summed E-state index contributed by atoms with van der Waals surface area (Å²) in [6.45, 7) is 3.91. The quantitative estimate of drug-likeness (QED) is 0.664. The molecule has 2 atom stereocenters. The first-order valence-electron chi connectivity index (χ1n) is 9.97. The molecule has 2 N–H and O–H groups in total. The lowest BCUT2D eigenvalue weighted by Crippen LogP contribution is -2.57. The number of carbonyl (C=O) groups is 2. The number of amides is 1. The number of carboxylic acids is 1. The number of hydrogen-bond acceptors (Lipinski definition) is 4. The Hall–Kier alpha value is -3.07. The third kappa shape index (κ3) is 5.21. The van der Waals surface area contributed by atoms with Crippen LogP contribution in [0.4, 0.5) is 18.0 Å². The van der Waals surface area contributed by atoms with Crippen molar-refractivity contribution in [2.45, 2.75) is 50.6 Å². The Labute approximate surface area is 183 Å². The zero-order chi connectivity index (χ0) is 23.7. The highest BCUT2D eigenvalue weighted by molar-refractivity contribution is 5.81. The maximum atomic E-state index is 13.5. The van der Waals surface area contributed by atoms with Crippen LogP contribution in [-0.2, 0) is 14.3 Å². The van der Waals surface area contributed by atoms with Crippen LogP contribution in [0.1, 0.15) is 37.8 Å². The molecule has 1 aliphatic carbocycles. The summed E-state index contributed by atoms with van der Waals surface area (Å²) in [4.78, 5) is 23.9. The predicted molar refractivity (Wildman–Crippen MR) is 110 cm³/mol. The summed E-state index contributed by atoms with van der Waals surface area (Å²) >= 11 is 0. The molecule has 172 valence electrons. The van der Waals surface area contributed by atoms with E-state index in [4.69, 9.17) is 9.47 Å². The Morgan fingerprint density at radius 3 is 1.94 bits per heavy atom. The number of carbonyl (C=O) groups excluding carboxylic acids is 1. The van der Waals surface area contributed by atoms with Gasteiger partial charge in [-0.2, -0.15) is 13.2 Å². The Morgan fingerprint density at radius 2 is 1.50 bits per heavy atom. The van der Waals surface area contributed by atoms with E-state index in [1.54, 1.807) is 0 Å². The number of ether oxygens (including phenoxy) is 2. The molecule has 0 radical (unpaired) electrons. The maximum absolute atomic E-state index is 13.5. The molecule has 32 heavy (non-hydrogen) atoms. The Kier molecular flexibility index (Phi) is 6.50. The number of rotatable bonds is 6. The second-order valence-electron chi connectivity index (χ2n) is 8.48. The Bertz CT molecular complexity index is 954. The fourth-order valence-electron chi connectivity index (χ4n) is 3.74. The smallest absolute Gasteiger partial charge is 0.417 e. The van der Waals surface area contributed by atoms with Crippen molar-refractivity contribution in [2.75, 3.05) is 6.61 Å². The standard InChI is InChI=1S/C23H24F3NO5/c1-22(2,3)32-19(23(24,25)26)18(20(28)29)27-21(30)31-12-17-15-10-6-4-8-13(15)14-9-5-7-11-16(14)17/h4-11,17-19H,12H2,1-3H3,(H,27,30)(H,28,29)/t18-,19-/m0/s1. The molecule has 0 unspecified atom stereocenters. The third-order valence-electron chi connectivity index (χ3n) is 4.99. The summed E-state index contributed by atoms with van der Waals surface area (Å²) < 4.78 is 50.6. The summed E-state index contributed by atoms with van der Waals surface area (Å²) in [5.41, 5.74) is 2.50. The number of aliphatic carboxylic acids is 1. The number of halogens is 3. The average Bonchev–Trinajstić information content (AvgIpc) is 3.01. The van der Waals surface area contributed by atoms with Gasteiger partial charge in [-0.05, 0) is 43.0 Å². The molecule has 0 spiro atoms. The molecular weight excluding hydrogens is 427 g/mol. The summed E-state index contributed by atoms with van der Waals surface area (Å²) in [7, 11) is 0. The Morgan fingerprint density at radius 1 is 1.00 bits per heavy atom. The molecule has 9 heteroatoms. The normalized spacial score (nSPS) is 15.4. The number of benzene rings is 2. The topological polar surface area (TPSA) is 84.9 Å². The molecule has 3 rings (SSSR count). The number of nitrogens with one attached hydrogen (secondary N) is 1. The van der Waals surface area contributed by atoms with E-state index in [-0.39, 0.29) is 12.5 Å². The van der Waals surface area contributed by atoms with Crippen LogP contribution in [0.3, 0.4) is 0 Å². The molecule has 0 fully saturated rings. The molecule has 2 aromatic rings. The van der Waals surface area contributed by atoms with Gasteiger partial charge in [-0.3, -0.25) is 0 Å². The highest BCUT2D eigenvalue weighted by Gasteiger charge is 2.51. The second kappa shape index (κ2) is 8.82. The second-order valence-corrected chi connectivity index (χ2v) is 8.48. The van der Waals surface area contributed by atoms with E-state index < -0.39 is 36.0 Å². The van der Waals surface area contributed by atoms with Gasteiger partial charge in [0.2, 0.25) is 0 Å². The van der Waals surface area contributed by atoms with Gasteiger partial charge in [0.05, 0.1) is 5.60 Å². The molecule has 0 bridgehead atoms. The van der Waals surface area contributed by atoms with Crippen molar-refractivity contribution in [1.82, 2.24) is 5.32 Å². The van der Waals surface area contributed by atoms with Gasteiger partial charge in [0.1, 0.15) is 6.61 Å². The zero-order valence-electron chi connectivity index (χ0n) is 17.8. The van der Waals surface area contributed by atoms with E-state index >= 15 is 0 Å². The van der Waals surface area contributed by atoms with Crippen LogP contribution in [0.25, 0.3) is 11.1 Å². The van der Waals surface area contributed by atoms with Crippen LogP contribution in [0.2, 0.25) is 0 Å². The minimum absolute atomic E-state index is 0.164. The van der Waals surface area contributed by atoms with Crippen molar-refractivity contribution >= 4 is 12.1 Å². The van der Waals surface area contributed by atoms with Crippen LogP contribution in [0, 0.1) is 0 Å². The van der Waals surface area contributed by atoms with E-state index in [2.05, 4.69) is 0 Å². The number of hydrogen-bond donors (Lipinski definition) is 2. The summed E-state index contributed by atoms with van der Waals surface area (Å²) in [5, 5.41) is 11.2. The fraction of sp³-hybridized carbons (Fsp3) is 0.391. The Balaban J connectivity index is 1.75. The lowest BCUT2D eigenvalue weighted by atomic mass is 9.98. The minimum Gasteiger partial charge on any atom is -0.480 e. The fourth-order valence-corrected chi connectivity index (χ4v) is 3.74. The monoisotopic (exact) mass is 451 g/mol. The van der Waals surface area contributed by atoms with E-state index in [0.29, 0.717) is 0 Å². The van der Waals surface area contributed by atoms with Crippen molar-refractivity contribution in [3.05, 3.63) is 59.7 Å². The van der Waals surface area contributed by atoms with Crippen LogP contribution in [-0.4, -0.2) is 47.7 Å². The summed E-state index contributed by atoms with van der Waals surface area (Å²) in [5.74, 6) is -2.20. The first-order valence-corrected chi connectivity index (χ1v) is 9.97. The molecule has 0 saturated carbocycles. The van der Waals surface area contributed by atoms with Gasteiger partial charge in [0.15, 0.2) is 12.1 Å². The maximum Gasteiger partial charge on any atom is 0.417 e. The molecule has 1 amide bonds. The van der Waals surface area contributed by atoms with Crippen molar-refractivity contribution in [2.24, 2.45) is 0 Å². The molecule has 0 aliphatic heterocycles. The van der Waals surface area contributed by atoms with Crippen LogP contribution in [0.15, 0.2) is 48.5 Å². The van der Waals surface area contributed by atoms with E-state index in [9.17, 15) is 27.9 Å². The van der Waals surface area contributed by atoms with Gasteiger partial charge in [0.25, 0.3) is 0 Å². The van der Waals surface area contributed by atoms with Gasteiger partial charge in [-0.25, -0.2) is 9.59 Å². The number of alkyl halides is 3. The van der Waals surface area contributed by atoms with Crippen molar-refractivity contribution in [1.29, 1.82) is 0 Å². The number of carboxylic acid groups (broad SMARTS) is 1. The van der Waals surface area contributed by atoms with Crippen molar-refractivity contribution in [3.8, 4) is 11.1 Å². The van der Waals surface area contributed by atoms with Gasteiger partial charge in [-0.1, -0.05) is 48.5 Å². The van der Waals surface area contributed by atoms with Crippen LogP contribution in [0.5, 0.6) is 0 Å². The highest BCUT2D eigenvalue weighted by Crippen LogP contribution is 2.44. The first-order chi connectivity index (χ1) is 14.9. The molecule has 0 saturated heterocycles. The molecule has 0 heterocycles. The van der Waals surface area contributed by atoms with Crippen LogP contribution < -0.4 is 5.32 Å². The van der Waals surface area contributed by atoms with Gasteiger partial charge in [-0.15, -0.1) is 0 Å². The van der Waals surface area contributed by atoms with Crippen molar-refractivity contribution in [3.63, 3.8) is 0 Å². The van der Waals surface area contributed by atoms with Crippen LogP contribution >= 0.6 is 0 Å². The molecule has 6 nitrogen and oxygen atoms in total. The highest BCUT2D eigenvalue weighted by atomic mass is 19.4. The first kappa shape index (κ1) is 23.6. The predicted octanol–water partition coefficient (Wildman–Crippen LogP) is 4.72. The molecule has 1 aliphatic rings. The number of fused-ring (bicyclic) bond motifs is 3. The average molecular weight is 451 g/mol. The van der Waals surface area contributed by atoms with Gasteiger partial charge in [0, 0.05) is 5.92 Å². The van der Waals surface area contributed by atoms with E-state index in [1.807, 2.05) is 53.8 Å². The molecule has 0 aromatic heterocycles. The zero-order valence-corrected chi connectivity index (χ0v) is 17.8. The van der Waals surface area contributed by atoms with Gasteiger partial charge >= 0.3 is 18.2 Å². The lowest BCUT2D eigenvalue weighted by Gasteiger charge is -2.32. The number of alkyl carbamates (subject to hydrolysis) is 1. The summed E-state index contributed by atoms with van der Waals surface area (Å²) in [6, 6.07) is 12.7. The molecular formula is C23H24F3NO5. The largest absolute Gasteiger partial charge is 0.480 e.